The normalized spacial score (nSPS) is 15.8. The highest BCUT2D eigenvalue weighted by Crippen LogP contribution is 2.40. The molecule has 7 nitrogen and oxygen atoms in total. The molecule has 2 aromatic carbocycles. The summed E-state index contributed by atoms with van der Waals surface area (Å²) in [6.45, 7) is 2.64. The SMILES string of the molecule is Cc1nc2ncc(-c3ccc4ncnc(N5CCC(C=O)c6ccccc65)c4c3)cc2[nH]1. The van der Waals surface area contributed by atoms with Crippen LogP contribution in [0.25, 0.3) is 33.2 Å². The monoisotopic (exact) mass is 420 g/mol. The quantitative estimate of drug-likeness (QED) is 0.426. The number of aromatic amines is 1. The van der Waals surface area contributed by atoms with Gasteiger partial charge in [-0.3, -0.25) is 0 Å². The maximum Gasteiger partial charge on any atom is 0.177 e. The average molecular weight is 420 g/mol. The van der Waals surface area contributed by atoms with Crippen molar-refractivity contribution in [3.63, 3.8) is 0 Å². The van der Waals surface area contributed by atoms with Gasteiger partial charge in [0, 0.05) is 35.3 Å². The number of rotatable bonds is 3. The Balaban J connectivity index is 1.50. The predicted molar refractivity (Wildman–Crippen MR) is 124 cm³/mol. The molecule has 0 bridgehead atoms. The Hall–Kier alpha value is -4.13. The van der Waals surface area contributed by atoms with Gasteiger partial charge in [-0.05, 0) is 48.7 Å². The first kappa shape index (κ1) is 18.6. The zero-order valence-corrected chi connectivity index (χ0v) is 17.5. The molecule has 5 aromatic rings. The van der Waals surface area contributed by atoms with Crippen molar-refractivity contribution < 1.29 is 4.79 Å². The number of pyridine rings is 1. The van der Waals surface area contributed by atoms with Crippen LogP contribution in [0, 0.1) is 6.92 Å². The number of nitrogens with one attached hydrogen (secondary N) is 1. The molecule has 6 rings (SSSR count). The second kappa shape index (κ2) is 7.23. The number of carbonyl (C=O) groups is 1. The summed E-state index contributed by atoms with van der Waals surface area (Å²) < 4.78 is 0. The molecule has 32 heavy (non-hydrogen) atoms. The molecule has 0 aliphatic carbocycles. The Morgan fingerprint density at radius 1 is 1.06 bits per heavy atom. The van der Waals surface area contributed by atoms with Crippen molar-refractivity contribution in [2.75, 3.05) is 11.4 Å². The fraction of sp³-hybridized carbons (Fsp3) is 0.160. The Morgan fingerprint density at radius 3 is 2.88 bits per heavy atom. The lowest BCUT2D eigenvalue weighted by molar-refractivity contribution is -0.109. The number of carbonyl (C=O) groups excluding carboxylic acids is 1. The first-order valence-electron chi connectivity index (χ1n) is 10.6. The number of aldehydes is 1. The lowest BCUT2D eigenvalue weighted by Crippen LogP contribution is -2.28. The zero-order chi connectivity index (χ0) is 21.7. The van der Waals surface area contributed by atoms with Gasteiger partial charge in [-0.1, -0.05) is 24.3 Å². The molecular weight excluding hydrogens is 400 g/mol. The average Bonchev–Trinajstić information content (AvgIpc) is 3.22. The fourth-order valence-electron chi connectivity index (χ4n) is 4.57. The lowest BCUT2D eigenvalue weighted by Gasteiger charge is -2.33. The molecular formula is C25H20N6O. The van der Waals surface area contributed by atoms with Crippen LogP contribution >= 0.6 is 0 Å². The summed E-state index contributed by atoms with van der Waals surface area (Å²) in [7, 11) is 0. The van der Waals surface area contributed by atoms with Crippen molar-refractivity contribution >= 4 is 39.9 Å². The molecule has 0 saturated heterocycles. The molecule has 0 spiro atoms. The van der Waals surface area contributed by atoms with Gasteiger partial charge in [0.25, 0.3) is 0 Å². The lowest BCUT2D eigenvalue weighted by atomic mass is 9.91. The third-order valence-corrected chi connectivity index (χ3v) is 6.11. The minimum absolute atomic E-state index is 0.0817. The molecule has 0 saturated carbocycles. The Morgan fingerprint density at radius 2 is 1.97 bits per heavy atom. The molecule has 1 aliphatic heterocycles. The van der Waals surface area contributed by atoms with Crippen LogP contribution in [-0.4, -0.2) is 37.8 Å². The van der Waals surface area contributed by atoms with Crippen molar-refractivity contribution in [1.29, 1.82) is 0 Å². The van der Waals surface area contributed by atoms with Crippen LogP contribution in [-0.2, 0) is 4.79 Å². The Bertz CT molecular complexity index is 1490. The number of aromatic nitrogens is 5. The first-order valence-corrected chi connectivity index (χ1v) is 10.6. The minimum Gasteiger partial charge on any atom is -0.341 e. The first-order chi connectivity index (χ1) is 15.7. The van der Waals surface area contributed by atoms with Gasteiger partial charge in [-0.25, -0.2) is 19.9 Å². The highest BCUT2D eigenvalue weighted by molar-refractivity contribution is 5.95. The van der Waals surface area contributed by atoms with Crippen LogP contribution in [0.5, 0.6) is 0 Å². The summed E-state index contributed by atoms with van der Waals surface area (Å²) >= 11 is 0. The molecule has 1 atom stereocenters. The van der Waals surface area contributed by atoms with E-state index in [0.29, 0.717) is 5.65 Å². The maximum absolute atomic E-state index is 11.6. The van der Waals surface area contributed by atoms with Gasteiger partial charge < -0.3 is 14.7 Å². The summed E-state index contributed by atoms with van der Waals surface area (Å²) in [4.78, 5) is 35.1. The topological polar surface area (TPSA) is 87.7 Å². The van der Waals surface area contributed by atoms with Crippen LogP contribution in [0.1, 0.15) is 23.7 Å². The molecule has 0 amide bonds. The number of para-hydroxylation sites is 1. The van der Waals surface area contributed by atoms with Crippen LogP contribution in [0.3, 0.4) is 0 Å². The number of benzene rings is 2. The molecule has 0 fully saturated rings. The molecule has 4 heterocycles. The summed E-state index contributed by atoms with van der Waals surface area (Å²) in [6.07, 6.45) is 5.25. The van der Waals surface area contributed by atoms with E-state index < -0.39 is 0 Å². The molecule has 7 heteroatoms. The van der Waals surface area contributed by atoms with Crippen molar-refractivity contribution in [3.8, 4) is 11.1 Å². The molecule has 0 radical (unpaired) electrons. The minimum atomic E-state index is -0.0817. The van der Waals surface area contributed by atoms with Crippen molar-refractivity contribution in [1.82, 2.24) is 24.9 Å². The predicted octanol–water partition coefficient (Wildman–Crippen LogP) is 4.70. The second-order valence-corrected chi connectivity index (χ2v) is 8.09. The number of fused-ring (bicyclic) bond motifs is 3. The highest BCUT2D eigenvalue weighted by atomic mass is 16.1. The zero-order valence-electron chi connectivity index (χ0n) is 17.5. The van der Waals surface area contributed by atoms with Crippen LogP contribution in [0.15, 0.2) is 61.1 Å². The van der Waals surface area contributed by atoms with Gasteiger partial charge >= 0.3 is 0 Å². The number of imidazole rings is 1. The van der Waals surface area contributed by atoms with Gasteiger partial charge in [0.1, 0.15) is 24.3 Å². The summed E-state index contributed by atoms with van der Waals surface area (Å²) in [5.74, 6) is 1.61. The van der Waals surface area contributed by atoms with Gasteiger partial charge in [-0.15, -0.1) is 0 Å². The van der Waals surface area contributed by atoms with E-state index in [0.717, 1.165) is 69.7 Å². The number of anilines is 2. The van der Waals surface area contributed by atoms with E-state index in [9.17, 15) is 4.79 Å². The second-order valence-electron chi connectivity index (χ2n) is 8.09. The summed E-state index contributed by atoms with van der Waals surface area (Å²) in [5, 5.41) is 0.963. The highest BCUT2D eigenvalue weighted by Gasteiger charge is 2.27. The van der Waals surface area contributed by atoms with E-state index >= 15 is 0 Å². The molecule has 1 N–H and O–H groups in total. The van der Waals surface area contributed by atoms with E-state index in [1.807, 2.05) is 37.4 Å². The fourth-order valence-corrected chi connectivity index (χ4v) is 4.57. The summed E-state index contributed by atoms with van der Waals surface area (Å²) in [6, 6.07) is 16.3. The number of H-pyrrole nitrogens is 1. The van der Waals surface area contributed by atoms with E-state index in [1.165, 1.54) is 0 Å². The molecule has 1 unspecified atom stereocenters. The Kier molecular flexibility index (Phi) is 4.21. The number of hydrogen-bond acceptors (Lipinski definition) is 6. The smallest absolute Gasteiger partial charge is 0.177 e. The molecule has 3 aromatic heterocycles. The van der Waals surface area contributed by atoms with Crippen LogP contribution in [0.2, 0.25) is 0 Å². The van der Waals surface area contributed by atoms with Crippen molar-refractivity contribution in [2.24, 2.45) is 0 Å². The van der Waals surface area contributed by atoms with Crippen molar-refractivity contribution in [2.45, 2.75) is 19.3 Å². The van der Waals surface area contributed by atoms with Crippen LogP contribution in [0.4, 0.5) is 11.5 Å². The molecule has 156 valence electrons. The number of hydrogen-bond donors (Lipinski definition) is 1. The van der Waals surface area contributed by atoms with Gasteiger partial charge in [-0.2, -0.15) is 0 Å². The standard InChI is InChI=1S/C25H20N6O/c1-15-29-22-11-18(12-26-24(22)30-15)16-6-7-21-20(10-16)25(28-14-27-21)31-9-8-17(13-32)19-4-2-3-5-23(19)31/h2-7,10-14,17H,8-9H2,1H3,(H,26,29,30). The largest absolute Gasteiger partial charge is 0.341 e. The van der Waals surface area contributed by atoms with E-state index in [1.54, 1.807) is 6.33 Å². The van der Waals surface area contributed by atoms with E-state index in [2.05, 4.69) is 54.1 Å². The van der Waals surface area contributed by atoms with Crippen molar-refractivity contribution in [3.05, 3.63) is 72.4 Å². The van der Waals surface area contributed by atoms with E-state index in [4.69, 9.17) is 0 Å². The third kappa shape index (κ3) is 2.93. The third-order valence-electron chi connectivity index (χ3n) is 6.11. The van der Waals surface area contributed by atoms with E-state index in [-0.39, 0.29) is 5.92 Å². The number of nitrogens with zero attached hydrogens (tertiary/aromatic N) is 5. The van der Waals surface area contributed by atoms with Crippen LogP contribution < -0.4 is 4.90 Å². The number of aryl methyl sites for hydroxylation is 1. The maximum atomic E-state index is 11.6. The summed E-state index contributed by atoms with van der Waals surface area (Å²) in [5.41, 5.74) is 6.60. The Labute approximate surface area is 184 Å². The van der Waals surface area contributed by atoms with Gasteiger partial charge in [0.2, 0.25) is 0 Å². The van der Waals surface area contributed by atoms with Gasteiger partial charge in [0.15, 0.2) is 5.65 Å². The molecule has 1 aliphatic rings. The van der Waals surface area contributed by atoms with Gasteiger partial charge in [0.05, 0.1) is 11.0 Å².